The van der Waals surface area contributed by atoms with Gasteiger partial charge in [-0.1, -0.05) is 0 Å². The minimum atomic E-state index is -0.0705. The summed E-state index contributed by atoms with van der Waals surface area (Å²) >= 11 is 0. The van der Waals surface area contributed by atoms with Crippen molar-refractivity contribution in [3.05, 3.63) is 29.8 Å². The van der Waals surface area contributed by atoms with Gasteiger partial charge < -0.3 is 21.3 Å². The molecule has 152 valence electrons. The van der Waals surface area contributed by atoms with E-state index >= 15 is 0 Å². The number of nitrogens with two attached hydrogens (primary N) is 1. The van der Waals surface area contributed by atoms with Crippen LogP contribution in [0.1, 0.15) is 42.5 Å². The Morgan fingerprint density at radius 1 is 1.07 bits per heavy atom. The minimum absolute atomic E-state index is 0. The molecule has 0 aromatic heterocycles. The number of rotatable bonds is 6. The highest BCUT2D eigenvalue weighted by Crippen LogP contribution is 2.25. The predicted octanol–water partition coefficient (Wildman–Crippen LogP) is 2.42. The largest absolute Gasteiger partial charge is 0.351 e. The van der Waals surface area contributed by atoms with E-state index < -0.39 is 0 Å². The molecule has 1 heterocycles. The summed E-state index contributed by atoms with van der Waals surface area (Å²) in [6.45, 7) is 3.84. The van der Waals surface area contributed by atoms with E-state index in [4.69, 9.17) is 5.73 Å². The van der Waals surface area contributed by atoms with Gasteiger partial charge in [0.25, 0.3) is 5.91 Å². The van der Waals surface area contributed by atoms with Gasteiger partial charge in [-0.15, -0.1) is 24.8 Å². The summed E-state index contributed by atoms with van der Waals surface area (Å²) in [7, 11) is 0. The second-order valence-electron chi connectivity index (χ2n) is 7.14. The molecule has 0 bridgehead atoms. The first-order chi connectivity index (χ1) is 12.1. The maximum atomic E-state index is 12.2. The number of carbonyl (C=O) groups excluding carboxylic acids is 2. The molecule has 6 nitrogen and oxygen atoms in total. The summed E-state index contributed by atoms with van der Waals surface area (Å²) in [6, 6.07) is 7.20. The molecule has 1 aliphatic heterocycles. The molecular weight excluding hydrogens is 387 g/mol. The van der Waals surface area contributed by atoms with E-state index in [1.807, 2.05) is 0 Å². The first-order valence-corrected chi connectivity index (χ1v) is 9.29. The van der Waals surface area contributed by atoms with E-state index in [9.17, 15) is 9.59 Å². The Kier molecular flexibility index (Phi) is 10.1. The summed E-state index contributed by atoms with van der Waals surface area (Å²) in [5.74, 6) is -0.0434. The molecule has 2 fully saturated rings. The Balaban J connectivity index is 0.00000182. The average Bonchev–Trinajstić information content (AvgIpc) is 3.27. The van der Waals surface area contributed by atoms with Gasteiger partial charge in [0.05, 0.1) is 0 Å². The van der Waals surface area contributed by atoms with Crippen LogP contribution in [-0.2, 0) is 4.79 Å². The molecule has 8 heteroatoms. The molecular formula is C19H30Cl2N4O2. The number of nitrogens with zero attached hydrogens (tertiary/aromatic N) is 1. The third-order valence-corrected chi connectivity index (χ3v) is 5.17. The van der Waals surface area contributed by atoms with Crippen molar-refractivity contribution in [2.24, 2.45) is 11.7 Å². The molecule has 0 radical (unpaired) electrons. The lowest BCUT2D eigenvalue weighted by atomic mass is 10.1. The van der Waals surface area contributed by atoms with Gasteiger partial charge in [-0.25, -0.2) is 0 Å². The maximum absolute atomic E-state index is 12.2. The van der Waals surface area contributed by atoms with Crippen molar-refractivity contribution < 1.29 is 9.59 Å². The van der Waals surface area contributed by atoms with Crippen molar-refractivity contribution in [2.45, 2.75) is 38.1 Å². The Labute approximate surface area is 173 Å². The monoisotopic (exact) mass is 416 g/mol. The first-order valence-electron chi connectivity index (χ1n) is 9.29. The number of nitrogens with one attached hydrogen (secondary N) is 2. The molecule has 1 aromatic carbocycles. The lowest BCUT2D eigenvalue weighted by molar-refractivity contribution is -0.119. The summed E-state index contributed by atoms with van der Waals surface area (Å²) < 4.78 is 0. The molecule has 1 saturated carbocycles. The standard InChI is InChI=1S/C19H28N4O2.2ClH/c20-16-6-3-15(13-16)19(25)22-17-7-4-14(5-8-17)18(24)21-9-12-23-10-1-2-11-23;;/h4-5,7-8,15-16H,1-3,6,9-13,20H2,(H,21,24)(H,22,25);2*1H. The quantitative estimate of drug-likeness (QED) is 0.664. The lowest BCUT2D eigenvalue weighted by Crippen LogP contribution is -2.33. The van der Waals surface area contributed by atoms with Gasteiger partial charge in [-0.2, -0.15) is 0 Å². The van der Waals surface area contributed by atoms with Gasteiger partial charge >= 0.3 is 0 Å². The summed E-state index contributed by atoms with van der Waals surface area (Å²) in [5, 5.41) is 5.87. The fourth-order valence-corrected chi connectivity index (χ4v) is 3.64. The number of hydrogen-bond acceptors (Lipinski definition) is 4. The van der Waals surface area contributed by atoms with Crippen LogP contribution >= 0.6 is 24.8 Å². The van der Waals surface area contributed by atoms with Crippen LogP contribution in [0, 0.1) is 5.92 Å². The molecule has 1 aliphatic carbocycles. The van der Waals surface area contributed by atoms with E-state index in [1.165, 1.54) is 12.8 Å². The van der Waals surface area contributed by atoms with Gasteiger partial charge in [0.2, 0.25) is 5.91 Å². The Hall–Kier alpha value is -1.34. The zero-order valence-electron chi connectivity index (χ0n) is 15.5. The second kappa shape index (κ2) is 11.5. The highest BCUT2D eigenvalue weighted by Gasteiger charge is 2.27. The minimum Gasteiger partial charge on any atom is -0.351 e. The molecule has 27 heavy (non-hydrogen) atoms. The number of carbonyl (C=O) groups is 2. The lowest BCUT2D eigenvalue weighted by Gasteiger charge is -2.15. The molecule has 2 atom stereocenters. The molecule has 0 spiro atoms. The van der Waals surface area contributed by atoms with Crippen LogP contribution in [0.25, 0.3) is 0 Å². The van der Waals surface area contributed by atoms with E-state index in [0.717, 1.165) is 44.6 Å². The van der Waals surface area contributed by atoms with Crippen molar-refractivity contribution in [1.82, 2.24) is 10.2 Å². The normalized spacial score (nSPS) is 21.8. The number of anilines is 1. The van der Waals surface area contributed by atoms with Crippen molar-refractivity contribution in [3.8, 4) is 0 Å². The second-order valence-corrected chi connectivity index (χ2v) is 7.14. The zero-order chi connectivity index (χ0) is 17.6. The van der Waals surface area contributed by atoms with E-state index in [2.05, 4.69) is 15.5 Å². The third kappa shape index (κ3) is 6.96. The molecule has 2 amide bonds. The van der Waals surface area contributed by atoms with Crippen LogP contribution in [0.15, 0.2) is 24.3 Å². The van der Waals surface area contributed by atoms with Gasteiger partial charge in [0.1, 0.15) is 0 Å². The molecule has 2 aliphatic rings. The molecule has 1 saturated heterocycles. The molecule has 1 aromatic rings. The van der Waals surface area contributed by atoms with Crippen molar-refractivity contribution in [3.63, 3.8) is 0 Å². The van der Waals surface area contributed by atoms with Gasteiger partial charge in [-0.3, -0.25) is 9.59 Å². The Morgan fingerprint density at radius 3 is 2.33 bits per heavy atom. The molecule has 2 unspecified atom stereocenters. The van der Waals surface area contributed by atoms with Crippen molar-refractivity contribution >= 4 is 42.3 Å². The predicted molar refractivity (Wildman–Crippen MR) is 113 cm³/mol. The van der Waals surface area contributed by atoms with Crippen LogP contribution in [0.5, 0.6) is 0 Å². The van der Waals surface area contributed by atoms with Gasteiger partial charge in [-0.05, 0) is 69.5 Å². The molecule has 3 rings (SSSR count). The SMILES string of the molecule is Cl.Cl.NC1CCC(C(=O)Nc2ccc(C(=O)NCCN3CCCC3)cc2)C1. The van der Waals surface area contributed by atoms with Crippen LogP contribution in [0.2, 0.25) is 0 Å². The molecule has 4 N–H and O–H groups in total. The summed E-state index contributed by atoms with van der Waals surface area (Å²) in [6.07, 6.45) is 5.03. The number of hydrogen-bond donors (Lipinski definition) is 3. The fourth-order valence-electron chi connectivity index (χ4n) is 3.64. The topological polar surface area (TPSA) is 87.5 Å². The first kappa shape index (κ1) is 23.7. The Bertz CT molecular complexity index is 606. The van der Waals surface area contributed by atoms with Crippen LogP contribution in [0.4, 0.5) is 5.69 Å². The van der Waals surface area contributed by atoms with Crippen LogP contribution in [0.3, 0.4) is 0 Å². The third-order valence-electron chi connectivity index (χ3n) is 5.17. The Morgan fingerprint density at radius 2 is 1.74 bits per heavy atom. The van der Waals surface area contributed by atoms with E-state index in [-0.39, 0.29) is 48.6 Å². The average molecular weight is 417 g/mol. The van der Waals surface area contributed by atoms with Crippen molar-refractivity contribution in [1.29, 1.82) is 0 Å². The smallest absolute Gasteiger partial charge is 0.251 e. The van der Waals surface area contributed by atoms with Crippen LogP contribution in [-0.4, -0.2) is 48.9 Å². The highest BCUT2D eigenvalue weighted by atomic mass is 35.5. The van der Waals surface area contributed by atoms with Gasteiger partial charge in [0.15, 0.2) is 0 Å². The zero-order valence-corrected chi connectivity index (χ0v) is 17.1. The van der Waals surface area contributed by atoms with Gasteiger partial charge in [0, 0.05) is 36.3 Å². The van der Waals surface area contributed by atoms with Crippen LogP contribution < -0.4 is 16.4 Å². The van der Waals surface area contributed by atoms with E-state index in [0.29, 0.717) is 12.1 Å². The van der Waals surface area contributed by atoms with E-state index in [1.54, 1.807) is 24.3 Å². The number of amides is 2. The van der Waals surface area contributed by atoms with Crippen molar-refractivity contribution in [2.75, 3.05) is 31.5 Å². The maximum Gasteiger partial charge on any atom is 0.251 e. The fraction of sp³-hybridized carbons (Fsp3) is 0.579. The summed E-state index contributed by atoms with van der Waals surface area (Å²) in [5.41, 5.74) is 7.20. The number of halogens is 2. The summed E-state index contributed by atoms with van der Waals surface area (Å²) in [4.78, 5) is 26.7. The highest BCUT2D eigenvalue weighted by molar-refractivity contribution is 5.96. The number of likely N-dealkylation sites (tertiary alicyclic amines) is 1. The number of benzene rings is 1.